The Morgan fingerprint density at radius 3 is 2.46 bits per heavy atom. The van der Waals surface area contributed by atoms with Crippen LogP contribution in [-0.4, -0.2) is 53.1 Å². The fourth-order valence-corrected chi connectivity index (χ4v) is 3.70. The van der Waals surface area contributed by atoms with Crippen LogP contribution in [0.3, 0.4) is 0 Å². The molecule has 2 aliphatic heterocycles. The predicted molar refractivity (Wildman–Crippen MR) is 97.0 cm³/mol. The highest BCUT2D eigenvalue weighted by Crippen LogP contribution is 2.21. The average molecular weight is 355 g/mol. The highest BCUT2D eigenvalue weighted by atomic mass is 16.5. The summed E-state index contributed by atoms with van der Waals surface area (Å²) in [6.45, 7) is 4.57. The van der Waals surface area contributed by atoms with E-state index >= 15 is 0 Å². The van der Waals surface area contributed by atoms with E-state index in [1.54, 1.807) is 6.26 Å². The Hall–Kier alpha value is -2.34. The van der Waals surface area contributed by atoms with Crippen molar-refractivity contribution in [2.24, 2.45) is 0 Å². The van der Waals surface area contributed by atoms with Crippen LogP contribution in [0.1, 0.15) is 41.7 Å². The van der Waals surface area contributed by atoms with Gasteiger partial charge in [0.25, 0.3) is 5.91 Å². The number of nitrogens with zero attached hydrogens (tertiary/aromatic N) is 3. The topological polar surface area (TPSA) is 58.8 Å². The Bertz CT molecular complexity index is 700. The summed E-state index contributed by atoms with van der Waals surface area (Å²) in [5.41, 5.74) is 1.73. The Kier molecular flexibility index (Phi) is 5.20. The summed E-state index contributed by atoms with van der Waals surface area (Å²) in [6.07, 6.45) is 6.05. The van der Waals surface area contributed by atoms with E-state index in [1.165, 1.54) is 0 Å². The highest BCUT2D eigenvalue weighted by molar-refractivity contribution is 5.94. The molecule has 4 rings (SSSR count). The SMILES string of the molecule is O=C(c1ccc(OC2CCN(Cc3ccon3)CC2)cc1)N1CCCC1. The summed E-state index contributed by atoms with van der Waals surface area (Å²) in [5, 5.41) is 3.97. The number of hydrogen-bond acceptors (Lipinski definition) is 5. The molecule has 0 N–H and O–H groups in total. The molecule has 0 spiro atoms. The lowest BCUT2D eigenvalue weighted by Crippen LogP contribution is -2.37. The molecule has 0 atom stereocenters. The summed E-state index contributed by atoms with van der Waals surface area (Å²) in [5.74, 6) is 0.980. The first-order valence-corrected chi connectivity index (χ1v) is 9.45. The van der Waals surface area contributed by atoms with E-state index in [1.807, 2.05) is 35.2 Å². The molecule has 2 aromatic rings. The second-order valence-electron chi connectivity index (χ2n) is 7.11. The standard InChI is InChI=1S/C20H25N3O3/c24-20(23-10-1-2-11-23)16-3-5-18(6-4-16)26-19-7-12-22(13-8-19)15-17-9-14-25-21-17/h3-6,9,14,19H,1-2,7-8,10-13,15H2. The summed E-state index contributed by atoms with van der Waals surface area (Å²) in [7, 11) is 0. The fraction of sp³-hybridized carbons (Fsp3) is 0.500. The minimum atomic E-state index is 0.134. The predicted octanol–water partition coefficient (Wildman–Crippen LogP) is 2.95. The zero-order chi connectivity index (χ0) is 17.8. The Labute approximate surface area is 153 Å². The molecule has 0 unspecified atom stereocenters. The molecular formula is C20H25N3O3. The van der Waals surface area contributed by atoms with Gasteiger partial charge in [-0.25, -0.2) is 0 Å². The smallest absolute Gasteiger partial charge is 0.253 e. The van der Waals surface area contributed by atoms with Gasteiger partial charge in [0.05, 0.1) is 5.69 Å². The largest absolute Gasteiger partial charge is 0.490 e. The van der Waals surface area contributed by atoms with Crippen LogP contribution >= 0.6 is 0 Å². The molecule has 138 valence electrons. The van der Waals surface area contributed by atoms with Crippen LogP contribution in [0.4, 0.5) is 0 Å². The number of carbonyl (C=O) groups excluding carboxylic acids is 1. The molecule has 26 heavy (non-hydrogen) atoms. The number of amides is 1. The molecule has 6 heteroatoms. The van der Waals surface area contributed by atoms with Gasteiger partial charge < -0.3 is 14.2 Å². The minimum Gasteiger partial charge on any atom is -0.490 e. The second-order valence-corrected chi connectivity index (χ2v) is 7.11. The van der Waals surface area contributed by atoms with Crippen LogP contribution in [-0.2, 0) is 6.54 Å². The molecule has 1 aromatic carbocycles. The maximum absolute atomic E-state index is 12.4. The Morgan fingerprint density at radius 2 is 1.81 bits per heavy atom. The average Bonchev–Trinajstić information content (AvgIpc) is 3.37. The van der Waals surface area contributed by atoms with Crippen LogP contribution in [0, 0.1) is 0 Å². The van der Waals surface area contributed by atoms with Gasteiger partial charge in [0.15, 0.2) is 0 Å². The number of piperidine rings is 1. The van der Waals surface area contributed by atoms with Gasteiger partial charge in [0.1, 0.15) is 18.1 Å². The van der Waals surface area contributed by atoms with Crippen LogP contribution in [0.5, 0.6) is 5.75 Å². The molecule has 1 aromatic heterocycles. The lowest BCUT2D eigenvalue weighted by Gasteiger charge is -2.31. The Morgan fingerprint density at radius 1 is 1.08 bits per heavy atom. The maximum atomic E-state index is 12.4. The summed E-state index contributed by atoms with van der Waals surface area (Å²) in [6, 6.07) is 9.52. The van der Waals surface area contributed by atoms with E-state index in [2.05, 4.69) is 10.1 Å². The van der Waals surface area contributed by atoms with Crippen molar-refractivity contribution in [3.63, 3.8) is 0 Å². The van der Waals surface area contributed by atoms with E-state index in [9.17, 15) is 4.79 Å². The van der Waals surface area contributed by atoms with Crippen LogP contribution in [0.25, 0.3) is 0 Å². The third-order valence-electron chi connectivity index (χ3n) is 5.21. The van der Waals surface area contributed by atoms with Gasteiger partial charge in [-0.3, -0.25) is 9.69 Å². The summed E-state index contributed by atoms with van der Waals surface area (Å²) >= 11 is 0. The van der Waals surface area contributed by atoms with E-state index in [4.69, 9.17) is 9.26 Å². The van der Waals surface area contributed by atoms with Crippen molar-refractivity contribution in [3.05, 3.63) is 47.9 Å². The van der Waals surface area contributed by atoms with E-state index in [-0.39, 0.29) is 12.0 Å². The van der Waals surface area contributed by atoms with Crippen molar-refractivity contribution in [1.29, 1.82) is 0 Å². The van der Waals surface area contributed by atoms with Gasteiger partial charge in [-0.05, 0) is 49.9 Å². The van der Waals surface area contributed by atoms with Crippen molar-refractivity contribution in [2.75, 3.05) is 26.2 Å². The Balaban J connectivity index is 1.26. The normalized spacial score (nSPS) is 19.0. The molecule has 2 fully saturated rings. The number of aromatic nitrogens is 1. The second kappa shape index (κ2) is 7.91. The zero-order valence-corrected chi connectivity index (χ0v) is 15.0. The van der Waals surface area contributed by atoms with Crippen molar-refractivity contribution in [1.82, 2.24) is 15.0 Å². The lowest BCUT2D eigenvalue weighted by molar-refractivity contribution is 0.0792. The van der Waals surface area contributed by atoms with Crippen molar-refractivity contribution in [2.45, 2.75) is 38.3 Å². The van der Waals surface area contributed by atoms with Gasteiger partial charge in [0, 0.05) is 44.4 Å². The number of hydrogen-bond donors (Lipinski definition) is 0. The number of rotatable bonds is 5. The number of ether oxygens (including phenoxy) is 1. The van der Waals surface area contributed by atoms with Crippen molar-refractivity contribution < 1.29 is 14.1 Å². The molecule has 6 nitrogen and oxygen atoms in total. The molecule has 3 heterocycles. The van der Waals surface area contributed by atoms with Crippen LogP contribution in [0.2, 0.25) is 0 Å². The van der Waals surface area contributed by atoms with Gasteiger partial charge in [-0.2, -0.15) is 0 Å². The van der Waals surface area contributed by atoms with Gasteiger partial charge in [0.2, 0.25) is 0 Å². The van der Waals surface area contributed by atoms with E-state index < -0.39 is 0 Å². The summed E-state index contributed by atoms with van der Waals surface area (Å²) in [4.78, 5) is 16.7. The molecule has 0 saturated carbocycles. The maximum Gasteiger partial charge on any atom is 0.253 e. The molecule has 0 bridgehead atoms. The molecule has 0 radical (unpaired) electrons. The fourth-order valence-electron chi connectivity index (χ4n) is 3.70. The molecule has 1 amide bonds. The molecular weight excluding hydrogens is 330 g/mol. The molecule has 0 aliphatic carbocycles. The first kappa shape index (κ1) is 17.1. The van der Waals surface area contributed by atoms with E-state index in [0.717, 1.165) is 75.4 Å². The third kappa shape index (κ3) is 4.07. The lowest BCUT2D eigenvalue weighted by atomic mass is 10.1. The monoisotopic (exact) mass is 355 g/mol. The molecule has 2 aliphatic rings. The van der Waals surface area contributed by atoms with Crippen molar-refractivity contribution in [3.8, 4) is 5.75 Å². The van der Waals surface area contributed by atoms with Crippen LogP contribution in [0.15, 0.2) is 41.1 Å². The number of likely N-dealkylation sites (tertiary alicyclic amines) is 2. The van der Waals surface area contributed by atoms with Crippen molar-refractivity contribution >= 4 is 5.91 Å². The third-order valence-corrected chi connectivity index (χ3v) is 5.21. The zero-order valence-electron chi connectivity index (χ0n) is 15.0. The minimum absolute atomic E-state index is 0.134. The quantitative estimate of drug-likeness (QED) is 0.825. The van der Waals surface area contributed by atoms with Crippen LogP contribution < -0.4 is 4.74 Å². The number of carbonyl (C=O) groups is 1. The summed E-state index contributed by atoms with van der Waals surface area (Å²) < 4.78 is 11.0. The van der Waals surface area contributed by atoms with Gasteiger partial charge in [-0.15, -0.1) is 0 Å². The number of benzene rings is 1. The first-order valence-electron chi connectivity index (χ1n) is 9.45. The first-order chi connectivity index (χ1) is 12.8. The van der Waals surface area contributed by atoms with Gasteiger partial charge >= 0.3 is 0 Å². The van der Waals surface area contributed by atoms with E-state index in [0.29, 0.717) is 0 Å². The molecule has 2 saturated heterocycles. The van der Waals surface area contributed by atoms with Gasteiger partial charge in [-0.1, -0.05) is 5.16 Å². The highest BCUT2D eigenvalue weighted by Gasteiger charge is 2.22.